The van der Waals surface area contributed by atoms with Crippen LogP contribution in [0.5, 0.6) is 0 Å². The van der Waals surface area contributed by atoms with Crippen molar-refractivity contribution in [2.24, 2.45) is 23.2 Å². The number of hydrogen-bond donors (Lipinski definition) is 2. The molecule has 3 fully saturated rings. The first-order valence-corrected chi connectivity index (χ1v) is 8.97. The summed E-state index contributed by atoms with van der Waals surface area (Å²) < 4.78 is 5.61. The molecular weight excluding hydrogens is 308 g/mol. The largest absolute Gasteiger partial charge is 0.389 e. The summed E-state index contributed by atoms with van der Waals surface area (Å²) in [6, 6.07) is 0. The number of carbonyl (C=O) groups excluding carboxylic acids is 2. The van der Waals surface area contributed by atoms with Gasteiger partial charge in [-0.2, -0.15) is 0 Å². The lowest BCUT2D eigenvalue weighted by Crippen LogP contribution is -2.62. The maximum atomic E-state index is 13.0. The number of aliphatic hydroxyl groups is 2. The molecule has 0 aromatic rings. The average Bonchev–Trinajstić information content (AvgIpc) is 2.45. The lowest BCUT2D eigenvalue weighted by atomic mass is 9.52. The van der Waals surface area contributed by atoms with E-state index >= 15 is 0 Å². The van der Waals surface area contributed by atoms with Crippen LogP contribution in [0.1, 0.15) is 46.5 Å². The fraction of sp³-hybridized carbons (Fsp3) is 0.789. The van der Waals surface area contributed by atoms with Gasteiger partial charge in [0.2, 0.25) is 0 Å². The Hall–Kier alpha value is -1.04. The molecule has 4 rings (SSSR count). The summed E-state index contributed by atoms with van der Waals surface area (Å²) in [7, 11) is 0. The van der Waals surface area contributed by atoms with Gasteiger partial charge < -0.3 is 14.9 Å². The summed E-state index contributed by atoms with van der Waals surface area (Å²) in [5.74, 6) is -0.345. The maximum Gasteiger partial charge on any atom is 0.168 e. The van der Waals surface area contributed by atoms with Gasteiger partial charge in [-0.1, -0.05) is 13.8 Å². The summed E-state index contributed by atoms with van der Waals surface area (Å²) in [5.41, 5.74) is -1.15. The van der Waals surface area contributed by atoms with Crippen molar-refractivity contribution in [1.29, 1.82) is 0 Å². The number of carbonyl (C=O) groups is 2. The second-order valence-electron chi connectivity index (χ2n) is 8.69. The Labute approximate surface area is 142 Å². The number of allylic oxidation sites excluding steroid dienone is 1. The summed E-state index contributed by atoms with van der Waals surface area (Å²) in [6.45, 7) is 5.99. The number of hydrogen-bond acceptors (Lipinski definition) is 5. The third-order valence-electron chi connectivity index (χ3n) is 7.40. The third-order valence-corrected chi connectivity index (χ3v) is 7.40. The highest BCUT2D eigenvalue weighted by Gasteiger charge is 2.60. The van der Waals surface area contributed by atoms with Crippen molar-refractivity contribution in [1.82, 2.24) is 0 Å². The van der Waals surface area contributed by atoms with E-state index < -0.39 is 17.1 Å². The molecule has 2 bridgehead atoms. The Morgan fingerprint density at radius 1 is 1.17 bits per heavy atom. The molecule has 2 N–H and O–H groups in total. The Balaban J connectivity index is 1.86. The topological polar surface area (TPSA) is 83.8 Å². The summed E-state index contributed by atoms with van der Waals surface area (Å²) in [5, 5.41) is 22.3. The van der Waals surface area contributed by atoms with Crippen LogP contribution in [0.3, 0.4) is 0 Å². The van der Waals surface area contributed by atoms with E-state index in [1.165, 1.54) is 0 Å². The van der Waals surface area contributed by atoms with Crippen molar-refractivity contribution < 1.29 is 24.5 Å². The maximum absolute atomic E-state index is 13.0. The van der Waals surface area contributed by atoms with Gasteiger partial charge in [0.15, 0.2) is 11.6 Å². The molecule has 0 amide bonds. The molecular formula is C19H26O5. The van der Waals surface area contributed by atoms with Crippen LogP contribution in [0.25, 0.3) is 0 Å². The van der Waals surface area contributed by atoms with Gasteiger partial charge >= 0.3 is 0 Å². The van der Waals surface area contributed by atoms with E-state index in [1.54, 1.807) is 6.92 Å². The third kappa shape index (κ3) is 1.92. The molecule has 0 aromatic heterocycles. The van der Waals surface area contributed by atoms with Crippen LogP contribution in [0, 0.1) is 23.2 Å². The molecule has 3 aliphatic carbocycles. The first kappa shape index (κ1) is 16.4. The van der Waals surface area contributed by atoms with Gasteiger partial charge in [-0.15, -0.1) is 0 Å². The Bertz CT molecular complexity index is 648. The highest BCUT2D eigenvalue weighted by atomic mass is 16.5. The van der Waals surface area contributed by atoms with Crippen LogP contribution < -0.4 is 0 Å². The lowest BCUT2D eigenvalue weighted by molar-refractivity contribution is -0.199. The van der Waals surface area contributed by atoms with Crippen molar-refractivity contribution in [2.45, 2.75) is 64.3 Å². The van der Waals surface area contributed by atoms with E-state index in [-0.39, 0.29) is 41.8 Å². The number of rotatable bonds is 0. The van der Waals surface area contributed by atoms with E-state index in [0.717, 1.165) is 6.42 Å². The molecule has 5 nitrogen and oxygen atoms in total. The molecule has 132 valence electrons. The van der Waals surface area contributed by atoms with Gasteiger partial charge in [0.1, 0.15) is 6.10 Å². The molecule has 2 saturated carbocycles. The van der Waals surface area contributed by atoms with Crippen LogP contribution in [0.4, 0.5) is 0 Å². The first-order valence-electron chi connectivity index (χ1n) is 8.97. The number of ether oxygens (including phenoxy) is 1. The lowest BCUT2D eigenvalue weighted by Gasteiger charge is -2.57. The predicted molar refractivity (Wildman–Crippen MR) is 86.1 cm³/mol. The van der Waals surface area contributed by atoms with E-state index in [9.17, 15) is 19.8 Å². The molecule has 1 aliphatic heterocycles. The quantitative estimate of drug-likeness (QED) is 0.700. The molecule has 1 heterocycles. The number of fused-ring (bicyclic) bond motifs is 5. The van der Waals surface area contributed by atoms with E-state index in [1.807, 2.05) is 13.8 Å². The molecule has 0 aromatic carbocycles. The highest BCUT2D eigenvalue weighted by molar-refractivity contribution is 6.00. The van der Waals surface area contributed by atoms with Gasteiger partial charge in [-0.25, -0.2) is 0 Å². The average molecular weight is 334 g/mol. The Kier molecular flexibility index (Phi) is 3.42. The second kappa shape index (κ2) is 4.99. The minimum Gasteiger partial charge on any atom is -0.389 e. The molecule has 0 spiro atoms. The van der Waals surface area contributed by atoms with Gasteiger partial charge in [-0.3, -0.25) is 9.59 Å². The van der Waals surface area contributed by atoms with E-state index in [2.05, 4.69) is 0 Å². The first-order chi connectivity index (χ1) is 11.2. The van der Waals surface area contributed by atoms with Crippen molar-refractivity contribution in [3.05, 3.63) is 11.1 Å². The van der Waals surface area contributed by atoms with Gasteiger partial charge in [0.05, 0.1) is 18.3 Å². The fourth-order valence-electron chi connectivity index (χ4n) is 5.64. The van der Waals surface area contributed by atoms with Crippen LogP contribution >= 0.6 is 0 Å². The molecule has 0 radical (unpaired) electrons. The molecule has 6 unspecified atom stereocenters. The van der Waals surface area contributed by atoms with E-state index in [4.69, 9.17) is 4.74 Å². The zero-order valence-corrected chi connectivity index (χ0v) is 14.5. The zero-order valence-electron chi connectivity index (χ0n) is 14.5. The van der Waals surface area contributed by atoms with Crippen molar-refractivity contribution in [2.75, 3.05) is 6.61 Å². The van der Waals surface area contributed by atoms with Gasteiger partial charge in [-0.05, 0) is 43.3 Å². The van der Waals surface area contributed by atoms with Crippen molar-refractivity contribution in [3.8, 4) is 0 Å². The Morgan fingerprint density at radius 2 is 1.88 bits per heavy atom. The minimum absolute atomic E-state index is 0.0170. The molecule has 6 atom stereocenters. The molecule has 4 aliphatic rings. The van der Waals surface area contributed by atoms with Crippen LogP contribution in [0.15, 0.2) is 11.1 Å². The van der Waals surface area contributed by atoms with Crippen LogP contribution in [-0.2, 0) is 14.3 Å². The minimum atomic E-state index is -1.29. The summed E-state index contributed by atoms with van der Waals surface area (Å²) in [4.78, 5) is 25.5. The summed E-state index contributed by atoms with van der Waals surface area (Å²) >= 11 is 0. The second-order valence-corrected chi connectivity index (χ2v) is 8.69. The number of ketones is 2. The smallest absolute Gasteiger partial charge is 0.168 e. The van der Waals surface area contributed by atoms with Crippen LogP contribution in [0.2, 0.25) is 0 Å². The standard InChI is InChI=1S/C19H26O5/c1-9-13(20)7-19(23)6-11-10(4-5-14-12(11)8-24-14)16(21)17(22)15(9)18(19,2)3/h10-12,14,17,22-23H,4-8H2,1-3H3. The van der Waals surface area contributed by atoms with Crippen LogP contribution in [-0.4, -0.2) is 46.2 Å². The highest BCUT2D eigenvalue weighted by Crippen LogP contribution is 2.56. The Morgan fingerprint density at radius 3 is 2.50 bits per heavy atom. The molecule has 5 heteroatoms. The molecule has 1 saturated heterocycles. The van der Waals surface area contributed by atoms with Crippen molar-refractivity contribution in [3.63, 3.8) is 0 Å². The SMILES string of the molecule is CC1=C2C(O)C(=O)C3CCC4OCC4C3CC(O)(CC1=O)C2(C)C. The van der Waals surface area contributed by atoms with Gasteiger partial charge in [0.25, 0.3) is 0 Å². The normalized spacial score (nSPS) is 47.3. The fourth-order valence-corrected chi connectivity index (χ4v) is 5.64. The monoisotopic (exact) mass is 334 g/mol. The van der Waals surface area contributed by atoms with E-state index in [0.29, 0.717) is 30.6 Å². The van der Waals surface area contributed by atoms with Gasteiger partial charge in [0, 0.05) is 23.7 Å². The zero-order chi connectivity index (χ0) is 17.4. The molecule has 24 heavy (non-hydrogen) atoms. The number of Topliss-reactive ketones (excluding diaryl/α,β-unsaturated/α-hetero) is 2. The number of aliphatic hydroxyl groups excluding tert-OH is 1. The predicted octanol–water partition coefficient (Wildman–Crippen LogP) is 1.41. The summed E-state index contributed by atoms with van der Waals surface area (Å²) in [6.07, 6.45) is 0.898. The van der Waals surface area contributed by atoms with Crippen molar-refractivity contribution >= 4 is 11.6 Å².